The molecule has 4 rings (SSSR count). The Morgan fingerprint density at radius 1 is 1.10 bits per heavy atom. The summed E-state index contributed by atoms with van der Waals surface area (Å²) < 4.78 is 0. The van der Waals surface area contributed by atoms with E-state index in [1.807, 2.05) is 42.5 Å². The molecule has 0 radical (unpaired) electrons. The minimum atomic E-state index is -0.170. The number of anilines is 1. The van der Waals surface area contributed by atoms with Gasteiger partial charge in [-0.2, -0.15) is 5.10 Å². The second-order valence-electron chi connectivity index (χ2n) is 4.60. The SMILES string of the molecule is O=C1Nc2ccccc2/C1=N/c1ccc2cn[nH]c2c1. The van der Waals surface area contributed by atoms with Gasteiger partial charge in [-0.05, 0) is 24.3 Å². The molecular formula is C15H10N4O. The van der Waals surface area contributed by atoms with Crippen LogP contribution in [0.3, 0.4) is 0 Å². The van der Waals surface area contributed by atoms with Crippen molar-refractivity contribution in [2.45, 2.75) is 0 Å². The van der Waals surface area contributed by atoms with E-state index in [9.17, 15) is 4.79 Å². The van der Waals surface area contributed by atoms with Gasteiger partial charge in [0.1, 0.15) is 5.71 Å². The maximum atomic E-state index is 12.0. The molecule has 1 amide bonds. The van der Waals surface area contributed by atoms with Crippen LogP contribution in [-0.2, 0) is 4.79 Å². The highest BCUT2D eigenvalue weighted by Gasteiger charge is 2.25. The van der Waals surface area contributed by atoms with Crippen molar-refractivity contribution < 1.29 is 4.79 Å². The summed E-state index contributed by atoms with van der Waals surface area (Å²) in [7, 11) is 0. The van der Waals surface area contributed by atoms with Crippen molar-refractivity contribution in [2.75, 3.05) is 5.32 Å². The molecule has 3 aromatic rings. The Kier molecular flexibility index (Phi) is 2.20. The Hall–Kier alpha value is -2.95. The third-order valence-corrected chi connectivity index (χ3v) is 3.31. The van der Waals surface area contributed by atoms with Gasteiger partial charge in [0.15, 0.2) is 0 Å². The molecule has 0 aliphatic carbocycles. The fourth-order valence-corrected chi connectivity index (χ4v) is 2.34. The fraction of sp³-hybridized carbons (Fsp3) is 0. The molecule has 2 N–H and O–H groups in total. The number of para-hydroxylation sites is 1. The molecule has 96 valence electrons. The van der Waals surface area contributed by atoms with Gasteiger partial charge in [-0.3, -0.25) is 9.89 Å². The molecule has 2 aromatic carbocycles. The zero-order valence-electron chi connectivity index (χ0n) is 10.4. The summed E-state index contributed by atoms with van der Waals surface area (Å²) in [5.41, 5.74) is 3.71. The van der Waals surface area contributed by atoms with Crippen LogP contribution in [0.5, 0.6) is 0 Å². The summed E-state index contributed by atoms with van der Waals surface area (Å²) in [5.74, 6) is -0.170. The van der Waals surface area contributed by atoms with E-state index < -0.39 is 0 Å². The number of fused-ring (bicyclic) bond motifs is 2. The Labute approximate surface area is 114 Å². The summed E-state index contributed by atoms with van der Waals surface area (Å²) in [6, 6.07) is 13.2. The predicted octanol–water partition coefficient (Wildman–Crippen LogP) is 2.64. The summed E-state index contributed by atoms with van der Waals surface area (Å²) in [4.78, 5) is 16.5. The van der Waals surface area contributed by atoms with E-state index in [0.29, 0.717) is 5.71 Å². The van der Waals surface area contributed by atoms with Gasteiger partial charge in [-0.1, -0.05) is 18.2 Å². The third-order valence-electron chi connectivity index (χ3n) is 3.31. The second kappa shape index (κ2) is 4.03. The molecule has 0 fully saturated rings. The maximum absolute atomic E-state index is 12.0. The smallest absolute Gasteiger partial charge is 0.275 e. The van der Waals surface area contributed by atoms with Gasteiger partial charge in [0, 0.05) is 10.9 Å². The molecule has 0 atom stereocenters. The Morgan fingerprint density at radius 2 is 2.00 bits per heavy atom. The van der Waals surface area contributed by atoms with Crippen LogP contribution in [0.4, 0.5) is 11.4 Å². The Bertz CT molecular complexity index is 863. The average molecular weight is 262 g/mol. The first kappa shape index (κ1) is 10.9. The molecule has 5 nitrogen and oxygen atoms in total. The highest BCUT2D eigenvalue weighted by molar-refractivity contribution is 6.54. The number of aromatic amines is 1. The first-order chi connectivity index (χ1) is 9.81. The van der Waals surface area contributed by atoms with Crippen LogP contribution >= 0.6 is 0 Å². The molecule has 2 heterocycles. The van der Waals surface area contributed by atoms with E-state index in [0.717, 1.165) is 27.8 Å². The molecule has 20 heavy (non-hydrogen) atoms. The molecule has 0 saturated carbocycles. The molecule has 1 aromatic heterocycles. The van der Waals surface area contributed by atoms with Crippen molar-refractivity contribution in [3.63, 3.8) is 0 Å². The van der Waals surface area contributed by atoms with Gasteiger partial charge in [0.2, 0.25) is 0 Å². The number of aromatic nitrogens is 2. The first-order valence-electron chi connectivity index (χ1n) is 6.24. The van der Waals surface area contributed by atoms with Crippen LogP contribution < -0.4 is 5.32 Å². The average Bonchev–Trinajstić information content (AvgIpc) is 3.04. The third kappa shape index (κ3) is 1.60. The van der Waals surface area contributed by atoms with Crippen LogP contribution in [0.15, 0.2) is 53.7 Å². The number of benzene rings is 2. The van der Waals surface area contributed by atoms with E-state index in [4.69, 9.17) is 0 Å². The molecule has 1 aliphatic rings. The topological polar surface area (TPSA) is 70.1 Å². The second-order valence-corrected chi connectivity index (χ2v) is 4.60. The van der Waals surface area contributed by atoms with Crippen LogP contribution in [0.2, 0.25) is 0 Å². The van der Waals surface area contributed by atoms with Crippen molar-refractivity contribution in [1.82, 2.24) is 10.2 Å². The van der Waals surface area contributed by atoms with Crippen molar-refractivity contribution in [3.8, 4) is 0 Å². The van der Waals surface area contributed by atoms with Gasteiger partial charge < -0.3 is 5.32 Å². The van der Waals surface area contributed by atoms with E-state index in [1.54, 1.807) is 6.20 Å². The molecule has 0 spiro atoms. The number of nitrogens with one attached hydrogen (secondary N) is 2. The van der Waals surface area contributed by atoms with E-state index in [2.05, 4.69) is 20.5 Å². The zero-order valence-corrected chi connectivity index (χ0v) is 10.4. The molecule has 1 aliphatic heterocycles. The quantitative estimate of drug-likeness (QED) is 0.707. The van der Waals surface area contributed by atoms with E-state index in [1.165, 1.54) is 0 Å². The van der Waals surface area contributed by atoms with Crippen LogP contribution in [0.25, 0.3) is 10.9 Å². The highest BCUT2D eigenvalue weighted by atomic mass is 16.2. The van der Waals surface area contributed by atoms with Crippen LogP contribution in [-0.4, -0.2) is 21.8 Å². The molecule has 0 bridgehead atoms. The van der Waals surface area contributed by atoms with Crippen LogP contribution in [0, 0.1) is 0 Å². The number of nitrogens with zero attached hydrogens (tertiary/aromatic N) is 2. The lowest BCUT2D eigenvalue weighted by Gasteiger charge is -1.98. The highest BCUT2D eigenvalue weighted by Crippen LogP contribution is 2.26. The summed E-state index contributed by atoms with van der Waals surface area (Å²) in [5, 5.41) is 10.7. The minimum absolute atomic E-state index is 0.170. The van der Waals surface area contributed by atoms with Gasteiger partial charge in [0.25, 0.3) is 5.91 Å². The lowest BCUT2D eigenvalue weighted by molar-refractivity contribution is -0.110. The van der Waals surface area contributed by atoms with Crippen molar-refractivity contribution >= 4 is 33.9 Å². The zero-order chi connectivity index (χ0) is 13.5. The number of amides is 1. The van der Waals surface area contributed by atoms with Crippen LogP contribution in [0.1, 0.15) is 5.56 Å². The maximum Gasteiger partial charge on any atom is 0.275 e. The van der Waals surface area contributed by atoms with Gasteiger partial charge in [-0.15, -0.1) is 0 Å². The number of carbonyl (C=O) groups excluding carboxylic acids is 1. The summed E-state index contributed by atoms with van der Waals surface area (Å²) >= 11 is 0. The number of hydrogen-bond acceptors (Lipinski definition) is 3. The first-order valence-corrected chi connectivity index (χ1v) is 6.24. The number of aliphatic imine (C=N–C) groups is 1. The molecule has 0 unspecified atom stereocenters. The minimum Gasteiger partial charge on any atom is -0.320 e. The lowest BCUT2D eigenvalue weighted by atomic mass is 10.1. The van der Waals surface area contributed by atoms with Gasteiger partial charge in [0.05, 0.1) is 23.1 Å². The summed E-state index contributed by atoms with van der Waals surface area (Å²) in [6.07, 6.45) is 1.75. The normalized spacial score (nSPS) is 15.6. The lowest BCUT2D eigenvalue weighted by Crippen LogP contribution is -2.13. The number of rotatable bonds is 1. The van der Waals surface area contributed by atoms with Crippen molar-refractivity contribution in [2.24, 2.45) is 4.99 Å². The number of H-pyrrole nitrogens is 1. The predicted molar refractivity (Wildman–Crippen MR) is 77.4 cm³/mol. The largest absolute Gasteiger partial charge is 0.320 e. The number of hydrogen-bond donors (Lipinski definition) is 2. The standard InChI is InChI=1S/C15H10N4O/c20-15-14(11-3-1-2-4-12(11)18-15)17-10-6-5-9-8-16-19-13(9)7-10/h1-8H,(H,16,19)(H,17,18,20). The van der Waals surface area contributed by atoms with E-state index in [-0.39, 0.29) is 5.91 Å². The van der Waals surface area contributed by atoms with Crippen molar-refractivity contribution in [3.05, 3.63) is 54.2 Å². The Morgan fingerprint density at radius 3 is 2.95 bits per heavy atom. The summed E-state index contributed by atoms with van der Waals surface area (Å²) in [6.45, 7) is 0. The fourth-order valence-electron chi connectivity index (χ4n) is 2.34. The molecule has 0 saturated heterocycles. The molecule has 5 heteroatoms. The van der Waals surface area contributed by atoms with E-state index >= 15 is 0 Å². The van der Waals surface area contributed by atoms with Gasteiger partial charge in [-0.25, -0.2) is 4.99 Å². The molecular weight excluding hydrogens is 252 g/mol. The monoisotopic (exact) mass is 262 g/mol. The Balaban J connectivity index is 1.85. The van der Waals surface area contributed by atoms with Gasteiger partial charge >= 0.3 is 0 Å². The number of carbonyl (C=O) groups is 1. The van der Waals surface area contributed by atoms with Crippen molar-refractivity contribution in [1.29, 1.82) is 0 Å².